The number of anilines is 1. The number of nitrogens with one attached hydrogen (secondary N) is 2. The molecule has 2 rings (SSSR count). The van der Waals surface area contributed by atoms with E-state index in [4.69, 9.17) is 4.74 Å². The number of pyridine rings is 1. The highest BCUT2D eigenvalue weighted by molar-refractivity contribution is 7.99. The van der Waals surface area contributed by atoms with Crippen LogP contribution >= 0.6 is 11.8 Å². The van der Waals surface area contributed by atoms with Gasteiger partial charge in [-0.25, -0.2) is 0 Å². The molecular weight excluding hydrogens is 390 g/mol. The number of carbonyl (C=O) groups is 2. The molecule has 2 N–H and O–H groups in total. The molecule has 0 atom stereocenters. The maximum atomic E-state index is 12.2. The molecule has 0 radical (unpaired) electrons. The second-order valence-corrected chi connectivity index (χ2v) is 7.81. The lowest BCUT2D eigenvalue weighted by Gasteiger charge is -2.16. The number of carbonyl (C=O) groups excluding carboxylic acids is 2. The van der Waals surface area contributed by atoms with Gasteiger partial charge in [0.2, 0.25) is 5.56 Å². The van der Waals surface area contributed by atoms with Crippen molar-refractivity contribution in [2.45, 2.75) is 38.6 Å². The van der Waals surface area contributed by atoms with Gasteiger partial charge in [0, 0.05) is 11.8 Å². The minimum absolute atomic E-state index is 0.136. The highest BCUT2D eigenvalue weighted by atomic mass is 32.2. The molecule has 0 aliphatic carbocycles. The number of H-pyrrole nitrogens is 1. The minimum atomic E-state index is -0.620. The molecule has 0 fully saturated rings. The monoisotopic (exact) mass is 413 g/mol. The summed E-state index contributed by atoms with van der Waals surface area (Å²) in [4.78, 5) is 38.3. The third-order valence-corrected chi connectivity index (χ3v) is 5.18. The summed E-state index contributed by atoms with van der Waals surface area (Å²) in [6.45, 7) is 7.21. The topological polar surface area (TPSA) is 112 Å². The van der Waals surface area contributed by atoms with Crippen LogP contribution in [0.2, 0.25) is 0 Å². The summed E-state index contributed by atoms with van der Waals surface area (Å²) in [5.74, 6) is -0.954. The number of nitriles is 1. The van der Waals surface area contributed by atoms with Gasteiger partial charge in [0.1, 0.15) is 6.07 Å². The lowest BCUT2D eigenvalue weighted by Crippen LogP contribution is -2.23. The summed E-state index contributed by atoms with van der Waals surface area (Å²) in [5, 5.41) is 12.3. The predicted molar refractivity (Wildman–Crippen MR) is 112 cm³/mol. The first-order valence-electron chi connectivity index (χ1n) is 9.04. The number of para-hydroxylation sites is 1. The number of thioether (sulfide) groups is 1. The molecule has 7 nitrogen and oxygen atoms in total. The fourth-order valence-electron chi connectivity index (χ4n) is 2.74. The molecule has 0 saturated carbocycles. The highest BCUT2D eigenvalue weighted by Gasteiger charge is 2.15. The third kappa shape index (κ3) is 5.96. The number of benzene rings is 1. The summed E-state index contributed by atoms with van der Waals surface area (Å²) >= 11 is 0.988. The van der Waals surface area contributed by atoms with Crippen LogP contribution < -0.4 is 10.9 Å². The van der Waals surface area contributed by atoms with Crippen molar-refractivity contribution in [2.24, 2.45) is 0 Å². The van der Waals surface area contributed by atoms with E-state index in [9.17, 15) is 19.6 Å². The lowest BCUT2D eigenvalue weighted by atomic mass is 9.98. The van der Waals surface area contributed by atoms with Crippen molar-refractivity contribution in [3.8, 4) is 6.07 Å². The van der Waals surface area contributed by atoms with Crippen LogP contribution in [0.5, 0.6) is 0 Å². The summed E-state index contributed by atoms with van der Waals surface area (Å²) in [5.41, 5.74) is 3.16. The number of hydrogen-bond acceptors (Lipinski definition) is 6. The Bertz CT molecular complexity index is 1020. The lowest BCUT2D eigenvalue weighted by molar-refractivity contribution is -0.144. The number of aromatic nitrogens is 1. The predicted octanol–water partition coefficient (Wildman–Crippen LogP) is 3.26. The number of ether oxygens (including phenoxy) is 1. The minimum Gasteiger partial charge on any atom is -0.455 e. The van der Waals surface area contributed by atoms with E-state index in [1.54, 1.807) is 6.92 Å². The van der Waals surface area contributed by atoms with Crippen molar-refractivity contribution in [3.63, 3.8) is 0 Å². The molecule has 0 aliphatic rings. The van der Waals surface area contributed by atoms with Gasteiger partial charge in [0.15, 0.2) is 6.61 Å². The molecule has 8 heteroatoms. The summed E-state index contributed by atoms with van der Waals surface area (Å²) in [7, 11) is 0. The van der Waals surface area contributed by atoms with E-state index < -0.39 is 18.5 Å². The number of nitrogens with zero attached hydrogens (tertiary/aromatic N) is 1. The maximum Gasteiger partial charge on any atom is 0.316 e. The SMILES string of the molecule is Cc1cc(=O)[nH]c(SCC(=O)OCC(=O)Nc2c(C)cccc2C(C)C)c1C#N. The van der Waals surface area contributed by atoms with Gasteiger partial charge in [0.05, 0.1) is 16.3 Å². The molecule has 1 aromatic heterocycles. The van der Waals surface area contributed by atoms with E-state index in [0.717, 1.165) is 28.6 Å². The molecule has 0 unspecified atom stereocenters. The smallest absolute Gasteiger partial charge is 0.316 e. The molecule has 2 aromatic rings. The van der Waals surface area contributed by atoms with Gasteiger partial charge in [-0.15, -0.1) is 0 Å². The fraction of sp³-hybridized carbons (Fsp3) is 0.333. The molecule has 1 amide bonds. The number of hydrogen-bond donors (Lipinski definition) is 2. The van der Waals surface area contributed by atoms with Crippen LogP contribution in [0.3, 0.4) is 0 Å². The average Bonchev–Trinajstić information content (AvgIpc) is 2.65. The van der Waals surface area contributed by atoms with Crippen LogP contribution in [0, 0.1) is 25.2 Å². The maximum absolute atomic E-state index is 12.2. The Labute approximate surface area is 173 Å². The summed E-state index contributed by atoms with van der Waals surface area (Å²) < 4.78 is 5.03. The van der Waals surface area contributed by atoms with Gasteiger partial charge in [-0.1, -0.05) is 43.8 Å². The van der Waals surface area contributed by atoms with Crippen molar-refractivity contribution < 1.29 is 14.3 Å². The van der Waals surface area contributed by atoms with Crippen molar-refractivity contribution in [1.82, 2.24) is 4.98 Å². The largest absolute Gasteiger partial charge is 0.455 e. The number of rotatable bonds is 7. The van der Waals surface area contributed by atoms with E-state index >= 15 is 0 Å². The fourth-order valence-corrected chi connectivity index (χ4v) is 3.61. The number of amides is 1. The second-order valence-electron chi connectivity index (χ2n) is 6.82. The van der Waals surface area contributed by atoms with Crippen LogP contribution in [0.1, 0.15) is 42.0 Å². The van der Waals surface area contributed by atoms with Gasteiger partial charge < -0.3 is 15.0 Å². The van der Waals surface area contributed by atoms with Crippen molar-refractivity contribution >= 4 is 29.3 Å². The standard InChI is InChI=1S/C21H23N3O4S/c1-12(2)15-7-5-6-13(3)20(15)23-18(26)10-28-19(27)11-29-21-16(9-22)14(4)8-17(25)24-21/h5-8,12H,10-11H2,1-4H3,(H,23,26)(H,24,25). The molecule has 0 bridgehead atoms. The van der Waals surface area contributed by atoms with Crippen LogP contribution in [-0.4, -0.2) is 29.2 Å². The first kappa shape index (κ1) is 22.2. The molecular formula is C21H23N3O4S. The Morgan fingerprint density at radius 2 is 2.00 bits per heavy atom. The zero-order valence-electron chi connectivity index (χ0n) is 16.8. The molecule has 152 valence electrons. The van der Waals surface area contributed by atoms with Gasteiger partial charge in [-0.05, 0) is 36.5 Å². The Hall–Kier alpha value is -3.05. The Morgan fingerprint density at radius 3 is 2.66 bits per heavy atom. The van der Waals surface area contributed by atoms with E-state index in [1.807, 2.05) is 45.0 Å². The van der Waals surface area contributed by atoms with Crippen LogP contribution in [0.25, 0.3) is 0 Å². The van der Waals surface area contributed by atoms with Crippen molar-refractivity contribution in [3.05, 3.63) is 56.9 Å². The van der Waals surface area contributed by atoms with E-state index in [-0.39, 0.29) is 17.2 Å². The van der Waals surface area contributed by atoms with Crippen LogP contribution in [-0.2, 0) is 14.3 Å². The van der Waals surface area contributed by atoms with E-state index in [0.29, 0.717) is 16.2 Å². The molecule has 29 heavy (non-hydrogen) atoms. The molecule has 1 heterocycles. The third-order valence-electron chi connectivity index (χ3n) is 4.21. The zero-order valence-corrected chi connectivity index (χ0v) is 17.6. The second kappa shape index (κ2) is 9.94. The number of aromatic amines is 1. The number of aryl methyl sites for hydroxylation is 2. The van der Waals surface area contributed by atoms with Crippen LogP contribution in [0.4, 0.5) is 5.69 Å². The van der Waals surface area contributed by atoms with Gasteiger partial charge >= 0.3 is 5.97 Å². The first-order valence-corrected chi connectivity index (χ1v) is 10.0. The summed E-state index contributed by atoms with van der Waals surface area (Å²) in [6, 6.07) is 9.11. The average molecular weight is 413 g/mol. The van der Waals surface area contributed by atoms with E-state index in [1.165, 1.54) is 6.07 Å². The number of esters is 1. The van der Waals surface area contributed by atoms with Crippen molar-refractivity contribution in [1.29, 1.82) is 5.26 Å². The van der Waals surface area contributed by atoms with Crippen LogP contribution in [0.15, 0.2) is 34.1 Å². The zero-order chi connectivity index (χ0) is 21.6. The van der Waals surface area contributed by atoms with Crippen molar-refractivity contribution in [2.75, 3.05) is 17.7 Å². The first-order chi connectivity index (χ1) is 13.7. The molecule has 0 saturated heterocycles. The Kier molecular flexibility index (Phi) is 7.62. The normalized spacial score (nSPS) is 10.5. The van der Waals surface area contributed by atoms with Gasteiger partial charge in [-0.2, -0.15) is 5.26 Å². The van der Waals surface area contributed by atoms with E-state index in [2.05, 4.69) is 10.3 Å². The quantitative estimate of drug-likeness (QED) is 0.532. The summed E-state index contributed by atoms with van der Waals surface area (Å²) in [6.07, 6.45) is 0. The van der Waals surface area contributed by atoms with Gasteiger partial charge in [-0.3, -0.25) is 14.4 Å². The van der Waals surface area contributed by atoms with Gasteiger partial charge in [0.25, 0.3) is 5.91 Å². The Balaban J connectivity index is 1.93. The molecule has 0 spiro atoms. The molecule has 0 aliphatic heterocycles. The highest BCUT2D eigenvalue weighted by Crippen LogP contribution is 2.27. The molecule has 1 aromatic carbocycles. The Morgan fingerprint density at radius 1 is 1.28 bits per heavy atom.